The molecule has 0 saturated heterocycles. The van der Waals surface area contributed by atoms with Gasteiger partial charge in [-0.05, 0) is 19.9 Å². The smallest absolute Gasteiger partial charge is 0.125 e. The van der Waals surface area contributed by atoms with Gasteiger partial charge in [-0.15, -0.1) is 0 Å². The van der Waals surface area contributed by atoms with Gasteiger partial charge in [0.1, 0.15) is 5.82 Å². The van der Waals surface area contributed by atoms with Crippen molar-refractivity contribution in [2.24, 2.45) is 0 Å². The maximum atomic E-state index is 4.23. The van der Waals surface area contributed by atoms with Crippen LogP contribution in [0.15, 0.2) is 18.9 Å². The van der Waals surface area contributed by atoms with Gasteiger partial charge in [0.15, 0.2) is 0 Å². The van der Waals surface area contributed by atoms with Crippen LogP contribution < -0.4 is 0 Å². The van der Waals surface area contributed by atoms with E-state index in [9.17, 15) is 0 Å². The van der Waals surface area contributed by atoms with Crippen LogP contribution in [0, 0.1) is 6.92 Å². The zero-order valence-corrected chi connectivity index (χ0v) is 10.1. The van der Waals surface area contributed by atoms with Crippen LogP contribution in [0.5, 0.6) is 0 Å². The lowest BCUT2D eigenvalue weighted by Crippen LogP contribution is -1.92. The molecule has 0 saturated carbocycles. The van der Waals surface area contributed by atoms with Crippen molar-refractivity contribution in [1.82, 2.24) is 9.97 Å². The Bertz CT molecular complexity index is 327. The van der Waals surface area contributed by atoms with Crippen molar-refractivity contribution >= 4 is 12.2 Å². The highest BCUT2D eigenvalue weighted by Gasteiger charge is 1.97. The molecule has 0 atom stereocenters. The summed E-state index contributed by atoms with van der Waals surface area (Å²) in [5.74, 6) is 0.776. The van der Waals surface area contributed by atoms with Crippen LogP contribution >= 0.6 is 0 Å². The SMILES string of the molecule is C=Cc1nc(C)ncc1/C=C\C.CCC. The molecule has 15 heavy (non-hydrogen) atoms. The van der Waals surface area contributed by atoms with Gasteiger partial charge < -0.3 is 0 Å². The van der Waals surface area contributed by atoms with Gasteiger partial charge >= 0.3 is 0 Å². The lowest BCUT2D eigenvalue weighted by molar-refractivity contribution is 1.04. The molecule has 1 aromatic rings. The number of aromatic nitrogens is 2. The fraction of sp³-hybridized carbons (Fsp3) is 0.385. The molecule has 1 aromatic heterocycles. The molecule has 0 unspecified atom stereocenters. The summed E-state index contributed by atoms with van der Waals surface area (Å²) in [6.07, 6.45) is 8.72. The normalized spacial score (nSPS) is 9.60. The van der Waals surface area contributed by atoms with Crippen LogP contribution in [0.1, 0.15) is 44.3 Å². The van der Waals surface area contributed by atoms with Gasteiger partial charge in [-0.2, -0.15) is 0 Å². The van der Waals surface area contributed by atoms with Crippen LogP contribution in [0.3, 0.4) is 0 Å². The average Bonchev–Trinajstić information content (AvgIpc) is 2.22. The van der Waals surface area contributed by atoms with Gasteiger partial charge in [0, 0.05) is 11.8 Å². The van der Waals surface area contributed by atoms with Crippen LogP contribution in [0.25, 0.3) is 12.2 Å². The van der Waals surface area contributed by atoms with Gasteiger partial charge in [-0.25, -0.2) is 9.97 Å². The third kappa shape index (κ3) is 5.11. The maximum Gasteiger partial charge on any atom is 0.125 e. The van der Waals surface area contributed by atoms with Crippen LogP contribution in [-0.2, 0) is 0 Å². The van der Waals surface area contributed by atoms with Gasteiger partial charge in [-0.1, -0.05) is 39.0 Å². The van der Waals surface area contributed by atoms with E-state index in [1.54, 1.807) is 12.3 Å². The summed E-state index contributed by atoms with van der Waals surface area (Å²) in [6.45, 7) is 11.8. The second-order valence-electron chi connectivity index (χ2n) is 3.17. The van der Waals surface area contributed by atoms with E-state index in [1.165, 1.54) is 6.42 Å². The van der Waals surface area contributed by atoms with E-state index in [4.69, 9.17) is 0 Å². The predicted molar refractivity (Wildman–Crippen MR) is 67.5 cm³/mol. The minimum atomic E-state index is 0.776. The van der Waals surface area contributed by atoms with E-state index in [1.807, 2.05) is 26.0 Å². The number of allylic oxidation sites excluding steroid dienone is 1. The second-order valence-corrected chi connectivity index (χ2v) is 3.17. The first kappa shape index (κ1) is 13.6. The van der Waals surface area contributed by atoms with Crippen molar-refractivity contribution in [3.8, 4) is 0 Å². The maximum absolute atomic E-state index is 4.23. The molecule has 1 rings (SSSR count). The van der Waals surface area contributed by atoms with Gasteiger partial charge in [-0.3, -0.25) is 0 Å². The van der Waals surface area contributed by atoms with E-state index in [0.29, 0.717) is 0 Å². The molecule has 0 aliphatic carbocycles. The van der Waals surface area contributed by atoms with Crippen LogP contribution in [-0.4, -0.2) is 9.97 Å². The molecule has 0 radical (unpaired) electrons. The first-order chi connectivity index (χ1) is 7.19. The molecular formula is C13H20N2. The lowest BCUT2D eigenvalue weighted by atomic mass is 10.2. The number of hydrogen-bond acceptors (Lipinski definition) is 2. The summed E-state index contributed by atoms with van der Waals surface area (Å²) < 4.78 is 0. The fourth-order valence-corrected chi connectivity index (χ4v) is 0.968. The van der Waals surface area contributed by atoms with Gasteiger partial charge in [0.05, 0.1) is 5.69 Å². The lowest BCUT2D eigenvalue weighted by Gasteiger charge is -1.99. The van der Waals surface area contributed by atoms with Crippen LogP contribution in [0.2, 0.25) is 0 Å². The highest BCUT2D eigenvalue weighted by atomic mass is 14.9. The Balaban J connectivity index is 0.000000583. The van der Waals surface area contributed by atoms with Crippen molar-refractivity contribution in [2.75, 3.05) is 0 Å². The largest absolute Gasteiger partial charge is 0.241 e. The van der Waals surface area contributed by atoms with Gasteiger partial charge in [0.2, 0.25) is 0 Å². The molecule has 0 spiro atoms. The standard InChI is InChI=1S/C10H12N2.C3H8/c1-4-6-9-7-11-8(3)12-10(9)5-2;1-3-2/h4-7H,2H2,1,3H3;3H2,1-2H3/b6-4-;. The molecule has 1 heterocycles. The number of hydrogen-bond donors (Lipinski definition) is 0. The third-order valence-corrected chi connectivity index (χ3v) is 1.51. The Hall–Kier alpha value is -1.44. The summed E-state index contributed by atoms with van der Waals surface area (Å²) >= 11 is 0. The monoisotopic (exact) mass is 204 g/mol. The number of nitrogens with zero attached hydrogens (tertiary/aromatic N) is 2. The Kier molecular flexibility index (Phi) is 7.16. The van der Waals surface area contributed by atoms with Crippen molar-refractivity contribution in [3.63, 3.8) is 0 Å². The molecule has 2 nitrogen and oxygen atoms in total. The van der Waals surface area contributed by atoms with Crippen LogP contribution in [0.4, 0.5) is 0 Å². The first-order valence-corrected chi connectivity index (χ1v) is 5.28. The second kappa shape index (κ2) is 7.92. The molecule has 0 aliphatic rings. The van der Waals surface area contributed by atoms with Crippen molar-refractivity contribution in [1.29, 1.82) is 0 Å². The Morgan fingerprint density at radius 3 is 2.47 bits per heavy atom. The van der Waals surface area contributed by atoms with Crippen molar-refractivity contribution in [3.05, 3.63) is 35.9 Å². The summed E-state index contributed by atoms with van der Waals surface area (Å²) in [5.41, 5.74) is 1.90. The summed E-state index contributed by atoms with van der Waals surface area (Å²) in [7, 11) is 0. The topological polar surface area (TPSA) is 25.8 Å². The van der Waals surface area contributed by atoms with Gasteiger partial charge in [0.25, 0.3) is 0 Å². The summed E-state index contributed by atoms with van der Waals surface area (Å²) in [4.78, 5) is 8.33. The molecule has 0 amide bonds. The third-order valence-electron chi connectivity index (χ3n) is 1.51. The molecule has 82 valence electrons. The number of rotatable bonds is 2. The zero-order chi connectivity index (χ0) is 11.7. The molecule has 0 aliphatic heterocycles. The first-order valence-electron chi connectivity index (χ1n) is 5.28. The highest BCUT2D eigenvalue weighted by Crippen LogP contribution is 2.08. The van der Waals surface area contributed by atoms with E-state index >= 15 is 0 Å². The average molecular weight is 204 g/mol. The molecule has 0 bridgehead atoms. The highest BCUT2D eigenvalue weighted by molar-refractivity contribution is 5.60. The number of aryl methyl sites for hydroxylation is 1. The van der Waals surface area contributed by atoms with Crippen molar-refractivity contribution < 1.29 is 0 Å². The van der Waals surface area contributed by atoms with E-state index in [2.05, 4.69) is 30.4 Å². The van der Waals surface area contributed by atoms with E-state index in [-0.39, 0.29) is 0 Å². The quantitative estimate of drug-likeness (QED) is 0.730. The predicted octanol–water partition coefficient (Wildman–Crippen LogP) is 3.88. The molecular weight excluding hydrogens is 184 g/mol. The van der Waals surface area contributed by atoms with E-state index in [0.717, 1.165) is 17.1 Å². The minimum Gasteiger partial charge on any atom is -0.241 e. The molecule has 2 heteroatoms. The van der Waals surface area contributed by atoms with E-state index < -0.39 is 0 Å². The summed E-state index contributed by atoms with van der Waals surface area (Å²) in [5, 5.41) is 0. The Morgan fingerprint density at radius 1 is 1.40 bits per heavy atom. The zero-order valence-electron chi connectivity index (χ0n) is 10.1. The Morgan fingerprint density at radius 2 is 2.00 bits per heavy atom. The Labute approximate surface area is 92.8 Å². The molecule has 0 N–H and O–H groups in total. The van der Waals surface area contributed by atoms with Crippen molar-refractivity contribution in [2.45, 2.75) is 34.1 Å². The minimum absolute atomic E-state index is 0.776. The summed E-state index contributed by atoms with van der Waals surface area (Å²) in [6, 6.07) is 0. The fourth-order valence-electron chi connectivity index (χ4n) is 0.968. The molecule has 0 fully saturated rings. The molecule has 0 aromatic carbocycles.